The number of fused-ring (bicyclic) bond motifs is 1. The number of rotatable bonds is 6. The minimum Gasteiger partial charge on any atom is -0.325 e. The van der Waals surface area contributed by atoms with Gasteiger partial charge in [-0.3, -0.25) is 14.8 Å². The molecule has 0 bridgehead atoms. The molecule has 0 radical (unpaired) electrons. The van der Waals surface area contributed by atoms with E-state index in [-0.39, 0.29) is 11.7 Å². The Morgan fingerprint density at radius 2 is 1.93 bits per heavy atom. The molecule has 0 aliphatic rings. The number of nitrogens with one attached hydrogen (secondary N) is 1. The van der Waals surface area contributed by atoms with E-state index in [1.54, 1.807) is 12.4 Å². The molecule has 0 aliphatic carbocycles. The Labute approximate surface area is 166 Å². The van der Waals surface area contributed by atoms with Crippen LogP contribution < -0.4 is 5.32 Å². The first-order chi connectivity index (χ1) is 13.7. The fourth-order valence-electron chi connectivity index (χ4n) is 2.82. The number of carbonyl (C=O) groups excluding carboxylic acids is 1. The summed E-state index contributed by atoms with van der Waals surface area (Å²) in [4.78, 5) is 21.0. The van der Waals surface area contributed by atoms with E-state index in [2.05, 4.69) is 25.5 Å². The SMILES string of the molecule is CCn1c(SCC(=O)Nc2ccccc2)nnc1-c1cnc2cccnc2c1. The second-order valence-corrected chi connectivity index (χ2v) is 6.96. The Morgan fingerprint density at radius 3 is 2.75 bits per heavy atom. The zero-order valence-corrected chi connectivity index (χ0v) is 16.1. The molecule has 0 unspecified atom stereocenters. The number of pyridine rings is 2. The molecule has 0 atom stereocenters. The fraction of sp³-hybridized carbons (Fsp3) is 0.150. The average Bonchev–Trinajstić information content (AvgIpc) is 3.15. The number of anilines is 1. The van der Waals surface area contributed by atoms with Gasteiger partial charge in [0.15, 0.2) is 11.0 Å². The topological polar surface area (TPSA) is 85.6 Å². The van der Waals surface area contributed by atoms with Gasteiger partial charge in [0.25, 0.3) is 0 Å². The second kappa shape index (κ2) is 8.18. The van der Waals surface area contributed by atoms with Gasteiger partial charge in [0.05, 0.1) is 16.8 Å². The third kappa shape index (κ3) is 3.86. The minimum atomic E-state index is -0.0834. The standard InChI is InChI=1S/C20H18N6OS/c1-2-26-19(14-11-17-16(22-12-14)9-6-10-21-17)24-25-20(26)28-13-18(27)23-15-7-4-3-5-8-15/h3-12H,2,13H2,1H3,(H,23,27). The fourth-order valence-corrected chi connectivity index (χ4v) is 3.62. The van der Waals surface area contributed by atoms with E-state index < -0.39 is 0 Å². The van der Waals surface area contributed by atoms with E-state index in [1.807, 2.05) is 60.0 Å². The summed E-state index contributed by atoms with van der Waals surface area (Å²) in [7, 11) is 0. The molecule has 8 heteroatoms. The van der Waals surface area contributed by atoms with Crippen LogP contribution in [0.2, 0.25) is 0 Å². The molecule has 1 aromatic carbocycles. The maximum Gasteiger partial charge on any atom is 0.234 e. The summed E-state index contributed by atoms with van der Waals surface area (Å²) in [5.41, 5.74) is 3.27. The van der Waals surface area contributed by atoms with Crippen LogP contribution in [0.1, 0.15) is 6.92 Å². The highest BCUT2D eigenvalue weighted by Gasteiger charge is 2.15. The second-order valence-electron chi connectivity index (χ2n) is 6.02. The molecule has 0 fully saturated rings. The van der Waals surface area contributed by atoms with E-state index in [0.717, 1.165) is 22.3 Å². The third-order valence-corrected chi connectivity index (χ3v) is 5.10. The zero-order chi connectivity index (χ0) is 19.3. The molecule has 140 valence electrons. The zero-order valence-electron chi connectivity index (χ0n) is 15.2. The van der Waals surface area contributed by atoms with Gasteiger partial charge in [-0.2, -0.15) is 0 Å². The van der Waals surface area contributed by atoms with E-state index >= 15 is 0 Å². The van der Waals surface area contributed by atoms with Crippen molar-refractivity contribution < 1.29 is 4.79 Å². The molecule has 0 saturated heterocycles. The van der Waals surface area contributed by atoms with Crippen molar-refractivity contribution in [3.8, 4) is 11.4 Å². The van der Waals surface area contributed by atoms with Gasteiger partial charge in [0.1, 0.15) is 0 Å². The predicted octanol–water partition coefficient (Wildman–Crippen LogP) is 3.64. The first-order valence-corrected chi connectivity index (χ1v) is 9.85. The summed E-state index contributed by atoms with van der Waals surface area (Å²) in [5, 5.41) is 12.2. The lowest BCUT2D eigenvalue weighted by Gasteiger charge is -2.08. The molecule has 7 nitrogen and oxygen atoms in total. The van der Waals surface area contributed by atoms with Crippen molar-refractivity contribution in [2.75, 3.05) is 11.1 Å². The average molecular weight is 390 g/mol. The lowest BCUT2D eigenvalue weighted by molar-refractivity contribution is -0.113. The number of nitrogens with zero attached hydrogens (tertiary/aromatic N) is 5. The van der Waals surface area contributed by atoms with Crippen LogP contribution in [0.15, 0.2) is 66.1 Å². The van der Waals surface area contributed by atoms with Crippen LogP contribution in [0.25, 0.3) is 22.4 Å². The summed E-state index contributed by atoms with van der Waals surface area (Å²) >= 11 is 1.36. The molecule has 3 aromatic heterocycles. The van der Waals surface area contributed by atoms with Crippen molar-refractivity contribution in [2.45, 2.75) is 18.6 Å². The van der Waals surface area contributed by atoms with Gasteiger partial charge in [-0.25, -0.2) is 0 Å². The van der Waals surface area contributed by atoms with E-state index in [9.17, 15) is 4.79 Å². The van der Waals surface area contributed by atoms with Gasteiger partial charge in [0, 0.05) is 30.2 Å². The summed E-state index contributed by atoms with van der Waals surface area (Å²) in [5.74, 6) is 0.887. The van der Waals surface area contributed by atoms with Crippen LogP contribution in [0.5, 0.6) is 0 Å². The molecule has 0 spiro atoms. The van der Waals surface area contributed by atoms with E-state index in [4.69, 9.17) is 0 Å². The van der Waals surface area contributed by atoms with Gasteiger partial charge in [-0.05, 0) is 37.3 Å². The quantitative estimate of drug-likeness (QED) is 0.506. The van der Waals surface area contributed by atoms with Crippen LogP contribution in [-0.4, -0.2) is 36.4 Å². The summed E-state index contributed by atoms with van der Waals surface area (Å²) in [6, 6.07) is 15.1. The number of benzene rings is 1. The maximum atomic E-state index is 12.2. The van der Waals surface area contributed by atoms with Crippen LogP contribution in [0.3, 0.4) is 0 Å². The maximum absolute atomic E-state index is 12.2. The monoisotopic (exact) mass is 390 g/mol. The lowest BCUT2D eigenvalue weighted by Crippen LogP contribution is -2.14. The molecular weight excluding hydrogens is 372 g/mol. The number of thioether (sulfide) groups is 1. The Balaban J connectivity index is 1.51. The van der Waals surface area contributed by atoms with Gasteiger partial charge < -0.3 is 9.88 Å². The summed E-state index contributed by atoms with van der Waals surface area (Å²) < 4.78 is 1.98. The minimum absolute atomic E-state index is 0.0834. The number of hydrogen-bond donors (Lipinski definition) is 1. The van der Waals surface area contributed by atoms with Crippen molar-refractivity contribution in [3.05, 3.63) is 60.9 Å². The van der Waals surface area contributed by atoms with E-state index in [0.29, 0.717) is 17.5 Å². The molecule has 4 aromatic rings. The Hall–Kier alpha value is -3.26. The Morgan fingerprint density at radius 1 is 1.07 bits per heavy atom. The molecule has 0 saturated carbocycles. The number of hydrogen-bond acceptors (Lipinski definition) is 6. The van der Waals surface area contributed by atoms with Crippen LogP contribution >= 0.6 is 11.8 Å². The molecule has 0 aliphatic heterocycles. The molecule has 1 N–H and O–H groups in total. The van der Waals surface area contributed by atoms with Crippen molar-refractivity contribution in [1.29, 1.82) is 0 Å². The molecule has 1 amide bonds. The normalized spacial score (nSPS) is 10.9. The molecular formula is C20H18N6OS. The highest BCUT2D eigenvalue weighted by Crippen LogP contribution is 2.25. The van der Waals surface area contributed by atoms with Crippen LogP contribution in [0, 0.1) is 0 Å². The lowest BCUT2D eigenvalue weighted by atomic mass is 10.2. The first-order valence-electron chi connectivity index (χ1n) is 8.86. The number of carbonyl (C=O) groups is 1. The van der Waals surface area contributed by atoms with Gasteiger partial charge in [-0.15, -0.1) is 10.2 Å². The Bertz CT molecular complexity index is 1110. The third-order valence-electron chi connectivity index (χ3n) is 4.13. The number of amides is 1. The highest BCUT2D eigenvalue weighted by atomic mass is 32.2. The van der Waals surface area contributed by atoms with E-state index in [1.165, 1.54) is 11.8 Å². The Kier molecular flexibility index (Phi) is 5.29. The van der Waals surface area contributed by atoms with Gasteiger partial charge in [-0.1, -0.05) is 30.0 Å². The predicted molar refractivity (Wildman–Crippen MR) is 110 cm³/mol. The molecule has 28 heavy (non-hydrogen) atoms. The van der Waals surface area contributed by atoms with Crippen molar-refractivity contribution in [1.82, 2.24) is 24.7 Å². The van der Waals surface area contributed by atoms with Crippen molar-refractivity contribution in [3.63, 3.8) is 0 Å². The number of para-hydroxylation sites is 1. The smallest absolute Gasteiger partial charge is 0.234 e. The highest BCUT2D eigenvalue weighted by molar-refractivity contribution is 7.99. The van der Waals surface area contributed by atoms with Gasteiger partial charge in [0.2, 0.25) is 5.91 Å². The summed E-state index contributed by atoms with van der Waals surface area (Å²) in [6.07, 6.45) is 3.52. The van der Waals surface area contributed by atoms with Crippen molar-refractivity contribution in [2.24, 2.45) is 0 Å². The summed E-state index contributed by atoms with van der Waals surface area (Å²) in [6.45, 7) is 2.71. The van der Waals surface area contributed by atoms with Crippen LogP contribution in [-0.2, 0) is 11.3 Å². The van der Waals surface area contributed by atoms with Gasteiger partial charge >= 0.3 is 0 Å². The van der Waals surface area contributed by atoms with Crippen LogP contribution in [0.4, 0.5) is 5.69 Å². The molecule has 4 rings (SSSR count). The molecule has 3 heterocycles. The largest absolute Gasteiger partial charge is 0.325 e. The van der Waals surface area contributed by atoms with Crippen molar-refractivity contribution >= 4 is 34.4 Å². The first kappa shape index (κ1) is 18.1. The number of aromatic nitrogens is 5.